The summed E-state index contributed by atoms with van der Waals surface area (Å²) >= 11 is 0. The molecule has 1 heterocycles. The van der Waals surface area contributed by atoms with Gasteiger partial charge in [-0.1, -0.05) is 41.6 Å². The van der Waals surface area contributed by atoms with Crippen LogP contribution in [0.5, 0.6) is 5.75 Å². The van der Waals surface area contributed by atoms with Gasteiger partial charge in [0.15, 0.2) is 0 Å². The molecule has 0 bridgehead atoms. The van der Waals surface area contributed by atoms with E-state index >= 15 is 0 Å². The summed E-state index contributed by atoms with van der Waals surface area (Å²) in [5, 5.41) is 6.96. The Morgan fingerprint density at radius 1 is 1.17 bits per heavy atom. The smallest absolute Gasteiger partial charge is 0.236 e. The molecule has 1 N–H and O–H groups in total. The number of rotatable bonds is 8. The third kappa shape index (κ3) is 5.20. The van der Waals surface area contributed by atoms with Gasteiger partial charge in [0.25, 0.3) is 0 Å². The number of amides is 1. The van der Waals surface area contributed by atoms with Crippen molar-refractivity contribution in [2.24, 2.45) is 0 Å². The van der Waals surface area contributed by atoms with E-state index in [-0.39, 0.29) is 18.4 Å². The first kappa shape index (κ1) is 20.5. The second-order valence-electron chi connectivity index (χ2n) is 7.06. The van der Waals surface area contributed by atoms with Gasteiger partial charge in [0.1, 0.15) is 12.2 Å². The van der Waals surface area contributed by atoms with Crippen LogP contribution in [0.25, 0.3) is 11.4 Å². The highest BCUT2D eigenvalue weighted by atomic mass is 16.5. The molecule has 0 spiro atoms. The molecule has 7 nitrogen and oxygen atoms in total. The number of nitrogens with zero attached hydrogens (tertiary/aromatic N) is 3. The van der Waals surface area contributed by atoms with Crippen LogP contribution in [0.4, 0.5) is 0 Å². The van der Waals surface area contributed by atoms with Crippen molar-refractivity contribution in [3.05, 3.63) is 65.5 Å². The van der Waals surface area contributed by atoms with Crippen molar-refractivity contribution < 1.29 is 14.1 Å². The van der Waals surface area contributed by atoms with E-state index in [9.17, 15) is 4.79 Å². The van der Waals surface area contributed by atoms with Gasteiger partial charge < -0.3 is 19.5 Å². The number of ether oxygens (including phenoxy) is 1. The summed E-state index contributed by atoms with van der Waals surface area (Å²) in [4.78, 5) is 18.8. The van der Waals surface area contributed by atoms with Crippen molar-refractivity contribution in [3.63, 3.8) is 0 Å². The standard InChI is InChI=1S/C22H26N4O3/c1-15-7-5-6-8-18(15)22-24-21(29-25-22)13-20(27)23-14-19(26(2)3)16-9-11-17(28-4)12-10-16/h5-12,19H,13-14H2,1-4H3,(H,23,27). The van der Waals surface area contributed by atoms with Gasteiger partial charge in [-0.05, 0) is 44.3 Å². The van der Waals surface area contributed by atoms with E-state index < -0.39 is 0 Å². The lowest BCUT2D eigenvalue weighted by Gasteiger charge is -2.25. The van der Waals surface area contributed by atoms with Gasteiger partial charge in [0.05, 0.1) is 13.2 Å². The summed E-state index contributed by atoms with van der Waals surface area (Å²) in [6.07, 6.45) is 0.0433. The van der Waals surface area contributed by atoms with Crippen LogP contribution < -0.4 is 10.1 Å². The van der Waals surface area contributed by atoms with E-state index in [0.29, 0.717) is 18.3 Å². The Morgan fingerprint density at radius 3 is 2.55 bits per heavy atom. The highest BCUT2D eigenvalue weighted by molar-refractivity contribution is 5.77. The summed E-state index contributed by atoms with van der Waals surface area (Å²) in [7, 11) is 5.60. The number of hydrogen-bond acceptors (Lipinski definition) is 6. The molecular weight excluding hydrogens is 368 g/mol. The molecule has 0 saturated heterocycles. The minimum Gasteiger partial charge on any atom is -0.497 e. The van der Waals surface area contributed by atoms with Crippen LogP contribution in [0.3, 0.4) is 0 Å². The van der Waals surface area contributed by atoms with Gasteiger partial charge in [-0.15, -0.1) is 0 Å². The summed E-state index contributed by atoms with van der Waals surface area (Å²) < 4.78 is 10.5. The molecule has 1 aromatic heterocycles. The molecule has 1 atom stereocenters. The fraction of sp³-hybridized carbons (Fsp3) is 0.318. The monoisotopic (exact) mass is 394 g/mol. The maximum atomic E-state index is 12.4. The average molecular weight is 394 g/mol. The normalized spacial score (nSPS) is 12.0. The Labute approximate surface area is 170 Å². The summed E-state index contributed by atoms with van der Waals surface area (Å²) in [6, 6.07) is 15.7. The molecule has 0 radical (unpaired) electrons. The van der Waals surface area contributed by atoms with E-state index in [1.807, 2.05) is 69.6 Å². The Kier molecular flexibility index (Phi) is 6.61. The van der Waals surface area contributed by atoms with Crippen LogP contribution in [0.2, 0.25) is 0 Å². The Bertz CT molecular complexity index is 951. The largest absolute Gasteiger partial charge is 0.497 e. The van der Waals surface area contributed by atoms with Crippen LogP contribution in [-0.4, -0.2) is 48.7 Å². The van der Waals surface area contributed by atoms with Crippen molar-refractivity contribution in [1.82, 2.24) is 20.4 Å². The number of carbonyl (C=O) groups is 1. The predicted molar refractivity (Wildman–Crippen MR) is 111 cm³/mol. The number of aromatic nitrogens is 2. The summed E-state index contributed by atoms with van der Waals surface area (Å²) in [6.45, 7) is 2.45. The zero-order valence-electron chi connectivity index (χ0n) is 17.2. The van der Waals surface area contributed by atoms with Crippen LogP contribution in [-0.2, 0) is 11.2 Å². The molecule has 1 unspecified atom stereocenters. The molecule has 3 rings (SSSR count). The summed E-state index contributed by atoms with van der Waals surface area (Å²) in [5.74, 6) is 1.43. The third-order valence-electron chi connectivity index (χ3n) is 4.78. The Morgan fingerprint density at radius 2 is 1.90 bits per heavy atom. The number of nitrogens with one attached hydrogen (secondary N) is 1. The first-order valence-corrected chi connectivity index (χ1v) is 9.43. The number of methoxy groups -OCH3 is 1. The molecule has 152 valence electrons. The highest BCUT2D eigenvalue weighted by Crippen LogP contribution is 2.21. The first-order chi connectivity index (χ1) is 14.0. The fourth-order valence-electron chi connectivity index (χ4n) is 3.09. The zero-order chi connectivity index (χ0) is 20.8. The van der Waals surface area contributed by atoms with Crippen LogP contribution in [0, 0.1) is 6.92 Å². The maximum absolute atomic E-state index is 12.4. The van der Waals surface area contributed by atoms with Crippen LogP contribution >= 0.6 is 0 Å². The lowest BCUT2D eigenvalue weighted by atomic mass is 10.1. The van der Waals surface area contributed by atoms with Crippen molar-refractivity contribution in [1.29, 1.82) is 0 Å². The minimum atomic E-state index is -0.162. The lowest BCUT2D eigenvalue weighted by Crippen LogP contribution is -2.35. The molecule has 0 fully saturated rings. The number of likely N-dealkylation sites (N-methyl/N-ethyl adjacent to an activating group) is 1. The minimum absolute atomic E-state index is 0.0371. The number of hydrogen-bond donors (Lipinski definition) is 1. The zero-order valence-corrected chi connectivity index (χ0v) is 17.2. The molecule has 7 heteroatoms. The molecule has 0 aliphatic carbocycles. The van der Waals surface area contributed by atoms with Gasteiger partial charge in [-0.3, -0.25) is 4.79 Å². The van der Waals surface area contributed by atoms with Gasteiger partial charge in [0, 0.05) is 12.1 Å². The van der Waals surface area contributed by atoms with Gasteiger partial charge in [-0.2, -0.15) is 4.98 Å². The van der Waals surface area contributed by atoms with E-state index in [1.165, 1.54) is 0 Å². The van der Waals surface area contributed by atoms with Crippen molar-refractivity contribution in [2.75, 3.05) is 27.7 Å². The van der Waals surface area contributed by atoms with Crippen LogP contribution in [0.15, 0.2) is 53.1 Å². The Balaban J connectivity index is 1.60. The molecular formula is C22H26N4O3. The van der Waals surface area contributed by atoms with Gasteiger partial charge in [-0.25, -0.2) is 0 Å². The van der Waals surface area contributed by atoms with Crippen LogP contribution in [0.1, 0.15) is 23.1 Å². The molecule has 29 heavy (non-hydrogen) atoms. The molecule has 1 amide bonds. The molecule has 0 aliphatic rings. The van der Waals surface area contributed by atoms with E-state index in [1.54, 1.807) is 7.11 Å². The number of benzene rings is 2. The fourth-order valence-corrected chi connectivity index (χ4v) is 3.09. The predicted octanol–water partition coefficient (Wildman–Crippen LogP) is 3.02. The van der Waals surface area contributed by atoms with E-state index in [4.69, 9.17) is 9.26 Å². The van der Waals surface area contributed by atoms with Crippen molar-refractivity contribution >= 4 is 5.91 Å². The second kappa shape index (κ2) is 9.34. The van der Waals surface area contributed by atoms with E-state index in [0.717, 1.165) is 22.4 Å². The molecule has 0 saturated carbocycles. The van der Waals surface area contributed by atoms with Gasteiger partial charge >= 0.3 is 0 Å². The number of aryl methyl sites for hydroxylation is 1. The number of carbonyl (C=O) groups excluding carboxylic acids is 1. The quantitative estimate of drug-likeness (QED) is 0.633. The van der Waals surface area contributed by atoms with Crippen molar-refractivity contribution in [3.8, 4) is 17.1 Å². The third-order valence-corrected chi connectivity index (χ3v) is 4.78. The molecule has 2 aromatic carbocycles. The Hall–Kier alpha value is -3.19. The maximum Gasteiger partial charge on any atom is 0.236 e. The molecule has 3 aromatic rings. The van der Waals surface area contributed by atoms with Crippen molar-refractivity contribution in [2.45, 2.75) is 19.4 Å². The average Bonchev–Trinajstić information content (AvgIpc) is 3.16. The molecule has 0 aliphatic heterocycles. The first-order valence-electron chi connectivity index (χ1n) is 9.43. The van der Waals surface area contributed by atoms with E-state index in [2.05, 4.69) is 20.4 Å². The lowest BCUT2D eigenvalue weighted by molar-refractivity contribution is -0.121. The topological polar surface area (TPSA) is 80.5 Å². The SMILES string of the molecule is COc1ccc(C(CNC(=O)Cc2nc(-c3ccccc3C)no2)N(C)C)cc1. The highest BCUT2D eigenvalue weighted by Gasteiger charge is 2.18. The second-order valence-corrected chi connectivity index (χ2v) is 7.06. The summed E-state index contributed by atoms with van der Waals surface area (Å²) in [5.41, 5.74) is 3.04. The van der Waals surface area contributed by atoms with Gasteiger partial charge in [0.2, 0.25) is 17.6 Å².